The Morgan fingerprint density at radius 1 is 2.00 bits per heavy atom. The maximum absolute atomic E-state index is 8.02. The van der Waals surface area contributed by atoms with E-state index < -0.39 is 0 Å². The lowest BCUT2D eigenvalue weighted by Crippen LogP contribution is -2.02. The van der Waals surface area contributed by atoms with Gasteiger partial charge in [-0.05, 0) is 6.92 Å². The molecule has 3 heteroatoms. The summed E-state index contributed by atoms with van der Waals surface area (Å²) in [5.74, 6) is 0.551. The minimum Gasteiger partial charge on any atom is -0.483 e. The second kappa shape index (κ2) is 4.16. The van der Waals surface area contributed by atoms with E-state index >= 15 is 0 Å². The summed E-state index contributed by atoms with van der Waals surface area (Å²) >= 11 is 0. The zero-order valence-corrected chi connectivity index (χ0v) is 4.72. The van der Waals surface area contributed by atoms with Crippen molar-refractivity contribution in [3.8, 4) is 6.07 Å². The molecule has 8 heavy (non-hydrogen) atoms. The lowest BCUT2D eigenvalue weighted by atomic mass is 10.5. The Kier molecular flexibility index (Phi) is 3.63. The van der Waals surface area contributed by atoms with Crippen LogP contribution >= 0.6 is 0 Å². The van der Waals surface area contributed by atoms with Gasteiger partial charge in [0.15, 0.2) is 0 Å². The highest BCUT2D eigenvalue weighted by Gasteiger charge is 1.81. The van der Waals surface area contributed by atoms with E-state index in [1.807, 2.05) is 6.07 Å². The summed E-state index contributed by atoms with van der Waals surface area (Å²) in [6.45, 7) is 1.81. The predicted octanol–water partition coefficient (Wildman–Crippen LogP) is 0.347. The predicted molar refractivity (Wildman–Crippen MR) is 29.5 cm³/mol. The molecule has 0 unspecified atom stereocenters. The highest BCUT2D eigenvalue weighted by molar-refractivity contribution is 5.05. The third-order valence-electron chi connectivity index (χ3n) is 0.579. The Balaban J connectivity index is 3.49. The Labute approximate surface area is 48.4 Å². The van der Waals surface area contributed by atoms with Gasteiger partial charge in [-0.1, -0.05) is 0 Å². The van der Waals surface area contributed by atoms with E-state index in [-0.39, 0.29) is 6.73 Å². The maximum Gasteiger partial charge on any atom is 0.136 e. The number of nitriles is 1. The molecule has 0 radical (unpaired) electrons. The molecule has 0 heterocycles. The van der Waals surface area contributed by atoms with Crippen LogP contribution in [-0.2, 0) is 4.74 Å². The molecule has 0 aliphatic rings. The van der Waals surface area contributed by atoms with E-state index in [9.17, 15) is 0 Å². The third kappa shape index (κ3) is 3.19. The van der Waals surface area contributed by atoms with Gasteiger partial charge >= 0.3 is 0 Å². The molecule has 0 aliphatic heterocycles. The molecule has 0 aromatic rings. The third-order valence-corrected chi connectivity index (χ3v) is 0.579. The minimum atomic E-state index is 0.129. The number of nitrogens with zero attached hydrogens (tertiary/aromatic N) is 1. The molecule has 3 nitrogen and oxygen atoms in total. The lowest BCUT2D eigenvalue weighted by Gasteiger charge is -1.96. The first-order chi connectivity index (χ1) is 3.81. The van der Waals surface area contributed by atoms with Gasteiger partial charge in [0.05, 0.1) is 12.1 Å². The van der Waals surface area contributed by atoms with Crippen LogP contribution in [0.4, 0.5) is 0 Å². The van der Waals surface area contributed by atoms with Crippen LogP contribution in [0.1, 0.15) is 6.92 Å². The first kappa shape index (κ1) is 6.99. The average Bonchev–Trinajstić information content (AvgIpc) is 1.68. The smallest absolute Gasteiger partial charge is 0.136 e. The van der Waals surface area contributed by atoms with Crippen molar-refractivity contribution in [1.82, 2.24) is 0 Å². The van der Waals surface area contributed by atoms with Gasteiger partial charge in [-0.15, -0.1) is 0 Å². The summed E-state index contributed by atoms with van der Waals surface area (Å²) in [4.78, 5) is 0. The Morgan fingerprint density at radius 3 is 3.00 bits per heavy atom. The molecule has 2 N–H and O–H groups in total. The summed E-state index contributed by atoms with van der Waals surface area (Å²) < 4.78 is 4.70. The van der Waals surface area contributed by atoms with Gasteiger partial charge < -0.3 is 4.74 Å². The SMILES string of the molecule is CC(=CC#N)OCN. The molecule has 0 saturated carbocycles. The lowest BCUT2D eigenvalue weighted by molar-refractivity contribution is 0.223. The van der Waals surface area contributed by atoms with Crippen molar-refractivity contribution in [3.63, 3.8) is 0 Å². The Hall–Kier alpha value is -1.01. The Bertz CT molecular complexity index is 123. The van der Waals surface area contributed by atoms with Crippen LogP contribution in [0.2, 0.25) is 0 Å². The molecule has 0 aliphatic carbocycles. The molecule has 44 valence electrons. The van der Waals surface area contributed by atoms with E-state index in [2.05, 4.69) is 0 Å². The molecule has 0 bridgehead atoms. The normalized spacial score (nSPS) is 10.4. The van der Waals surface area contributed by atoms with Crippen LogP contribution in [0.25, 0.3) is 0 Å². The van der Waals surface area contributed by atoms with Gasteiger partial charge in [0, 0.05) is 0 Å². The van der Waals surface area contributed by atoms with Crippen molar-refractivity contribution in [1.29, 1.82) is 5.26 Å². The molecular formula is C5H8N2O. The van der Waals surface area contributed by atoms with Gasteiger partial charge in [-0.3, -0.25) is 5.73 Å². The first-order valence-electron chi connectivity index (χ1n) is 2.20. The number of hydrogen-bond donors (Lipinski definition) is 1. The summed E-state index contributed by atoms with van der Waals surface area (Å²) in [6, 6.07) is 1.81. The highest BCUT2D eigenvalue weighted by atomic mass is 16.5. The maximum atomic E-state index is 8.02. The molecule has 0 rings (SSSR count). The van der Waals surface area contributed by atoms with Gasteiger partial charge in [-0.25, -0.2) is 0 Å². The van der Waals surface area contributed by atoms with Crippen molar-refractivity contribution in [3.05, 3.63) is 11.8 Å². The van der Waals surface area contributed by atoms with E-state index in [1.165, 1.54) is 6.08 Å². The fourth-order valence-corrected chi connectivity index (χ4v) is 0.264. The molecule has 0 aromatic heterocycles. The number of allylic oxidation sites excluding steroid dienone is 2. The molecule has 0 amide bonds. The fraction of sp³-hybridized carbons (Fsp3) is 0.400. The molecular weight excluding hydrogens is 104 g/mol. The zero-order chi connectivity index (χ0) is 6.41. The van der Waals surface area contributed by atoms with Crippen molar-refractivity contribution >= 4 is 0 Å². The number of nitrogens with two attached hydrogens (primary N) is 1. The van der Waals surface area contributed by atoms with Crippen LogP contribution < -0.4 is 5.73 Å². The quantitative estimate of drug-likeness (QED) is 0.318. The van der Waals surface area contributed by atoms with E-state index in [4.69, 9.17) is 15.7 Å². The minimum absolute atomic E-state index is 0.129. The largest absolute Gasteiger partial charge is 0.483 e. The fourth-order valence-electron chi connectivity index (χ4n) is 0.264. The van der Waals surface area contributed by atoms with Crippen molar-refractivity contribution in [2.75, 3.05) is 6.73 Å². The summed E-state index contributed by atoms with van der Waals surface area (Å²) in [5.41, 5.74) is 4.99. The van der Waals surface area contributed by atoms with Gasteiger partial charge in [0.1, 0.15) is 12.5 Å². The topological polar surface area (TPSA) is 59.0 Å². The van der Waals surface area contributed by atoms with E-state index in [1.54, 1.807) is 6.92 Å². The summed E-state index contributed by atoms with van der Waals surface area (Å²) in [5, 5.41) is 8.02. The molecule has 0 spiro atoms. The Morgan fingerprint density at radius 2 is 2.62 bits per heavy atom. The van der Waals surface area contributed by atoms with Crippen molar-refractivity contribution < 1.29 is 4.74 Å². The van der Waals surface area contributed by atoms with Gasteiger partial charge in [0.25, 0.3) is 0 Å². The molecule has 0 saturated heterocycles. The van der Waals surface area contributed by atoms with Crippen LogP contribution in [0.15, 0.2) is 11.8 Å². The molecule has 0 aromatic carbocycles. The van der Waals surface area contributed by atoms with E-state index in [0.29, 0.717) is 5.76 Å². The molecule has 0 fully saturated rings. The number of ether oxygens (including phenoxy) is 1. The van der Waals surface area contributed by atoms with Crippen LogP contribution in [0.5, 0.6) is 0 Å². The van der Waals surface area contributed by atoms with Crippen LogP contribution in [-0.4, -0.2) is 6.73 Å². The first-order valence-corrected chi connectivity index (χ1v) is 2.20. The standard InChI is InChI=1S/C5H8N2O/c1-5(2-3-6)8-4-7/h2H,4,7H2,1H3. The average molecular weight is 112 g/mol. The van der Waals surface area contributed by atoms with Gasteiger partial charge in [0.2, 0.25) is 0 Å². The second-order valence-electron chi connectivity index (χ2n) is 1.20. The van der Waals surface area contributed by atoms with Crippen LogP contribution in [0, 0.1) is 11.3 Å². The van der Waals surface area contributed by atoms with Crippen molar-refractivity contribution in [2.24, 2.45) is 5.73 Å². The monoisotopic (exact) mass is 112 g/mol. The zero-order valence-electron chi connectivity index (χ0n) is 4.72. The van der Waals surface area contributed by atoms with Crippen LogP contribution in [0.3, 0.4) is 0 Å². The second-order valence-corrected chi connectivity index (χ2v) is 1.20. The van der Waals surface area contributed by atoms with E-state index in [0.717, 1.165) is 0 Å². The highest BCUT2D eigenvalue weighted by Crippen LogP contribution is 1.89. The number of hydrogen-bond acceptors (Lipinski definition) is 3. The molecule has 0 atom stereocenters. The number of rotatable bonds is 2. The van der Waals surface area contributed by atoms with Crippen molar-refractivity contribution in [2.45, 2.75) is 6.92 Å². The summed E-state index contributed by atoms with van der Waals surface area (Å²) in [7, 11) is 0. The summed E-state index contributed by atoms with van der Waals surface area (Å²) in [6.07, 6.45) is 1.30. The van der Waals surface area contributed by atoms with Gasteiger partial charge in [-0.2, -0.15) is 5.26 Å².